The number of benzene rings is 1. The molecule has 1 N–H and O–H groups in total. The van der Waals surface area contributed by atoms with Gasteiger partial charge in [-0.15, -0.1) is 0 Å². The molecule has 1 aliphatic rings. The molecule has 0 radical (unpaired) electrons. The number of amides is 1. The number of pyridine rings is 1. The van der Waals surface area contributed by atoms with Crippen molar-refractivity contribution in [3.05, 3.63) is 58.9 Å². The number of ether oxygens (including phenoxy) is 1. The van der Waals surface area contributed by atoms with Gasteiger partial charge < -0.3 is 10.1 Å². The summed E-state index contributed by atoms with van der Waals surface area (Å²) in [7, 11) is 0. The van der Waals surface area contributed by atoms with Gasteiger partial charge in [0.2, 0.25) is 0 Å². The average molecular weight is 413 g/mol. The minimum atomic E-state index is -0.641. The molecule has 1 saturated heterocycles. The van der Waals surface area contributed by atoms with Gasteiger partial charge in [-0.25, -0.2) is 13.3 Å². The Morgan fingerprint density at radius 3 is 2.57 bits per heavy atom. The SMILES string of the molecule is Cc1nn2c(C(C)C)c(C(=O)NC3CCCOC3)ccc2c1-c1c(F)cccc1F. The molecule has 30 heavy (non-hydrogen) atoms. The Bertz CT molecular complexity index is 1080. The van der Waals surface area contributed by atoms with Crippen molar-refractivity contribution >= 4 is 11.4 Å². The second kappa shape index (κ2) is 8.14. The van der Waals surface area contributed by atoms with Crippen molar-refractivity contribution in [2.24, 2.45) is 0 Å². The Balaban J connectivity index is 1.84. The molecule has 3 heterocycles. The van der Waals surface area contributed by atoms with E-state index in [0.717, 1.165) is 19.4 Å². The van der Waals surface area contributed by atoms with Gasteiger partial charge in [-0.05, 0) is 49.9 Å². The highest BCUT2D eigenvalue weighted by Gasteiger charge is 2.25. The second-order valence-corrected chi connectivity index (χ2v) is 8.03. The molecule has 158 valence electrons. The normalized spacial score (nSPS) is 16.9. The van der Waals surface area contributed by atoms with Crippen LogP contribution in [0.15, 0.2) is 30.3 Å². The Hall–Kier alpha value is -2.80. The van der Waals surface area contributed by atoms with Crippen molar-refractivity contribution in [1.29, 1.82) is 0 Å². The number of fused-ring (bicyclic) bond motifs is 1. The minimum Gasteiger partial charge on any atom is -0.379 e. The van der Waals surface area contributed by atoms with E-state index in [9.17, 15) is 13.6 Å². The molecular formula is C23H25F2N3O2. The third kappa shape index (κ3) is 3.58. The number of nitrogens with one attached hydrogen (secondary N) is 1. The molecule has 7 heteroatoms. The van der Waals surface area contributed by atoms with Crippen molar-refractivity contribution in [1.82, 2.24) is 14.9 Å². The molecular weight excluding hydrogens is 388 g/mol. The third-order valence-corrected chi connectivity index (χ3v) is 5.51. The quantitative estimate of drug-likeness (QED) is 0.679. The van der Waals surface area contributed by atoms with Gasteiger partial charge in [-0.3, -0.25) is 4.79 Å². The summed E-state index contributed by atoms with van der Waals surface area (Å²) in [4.78, 5) is 13.0. The number of hydrogen-bond donors (Lipinski definition) is 1. The van der Waals surface area contributed by atoms with Crippen LogP contribution in [-0.4, -0.2) is 34.8 Å². The van der Waals surface area contributed by atoms with Crippen LogP contribution >= 0.6 is 0 Å². The minimum absolute atomic E-state index is 0.0237. The van der Waals surface area contributed by atoms with Gasteiger partial charge in [0.05, 0.1) is 40.7 Å². The number of carbonyl (C=O) groups excluding carboxylic acids is 1. The second-order valence-electron chi connectivity index (χ2n) is 8.03. The number of carbonyl (C=O) groups is 1. The highest BCUT2D eigenvalue weighted by molar-refractivity contribution is 5.97. The molecule has 1 amide bonds. The number of aryl methyl sites for hydroxylation is 1. The van der Waals surface area contributed by atoms with E-state index in [-0.39, 0.29) is 23.4 Å². The van der Waals surface area contributed by atoms with E-state index >= 15 is 0 Å². The molecule has 2 aromatic heterocycles. The van der Waals surface area contributed by atoms with E-state index < -0.39 is 11.6 Å². The van der Waals surface area contributed by atoms with Crippen LogP contribution in [0.25, 0.3) is 16.6 Å². The Labute approximate surface area is 174 Å². The smallest absolute Gasteiger partial charge is 0.253 e. The molecule has 3 aromatic rings. The molecule has 1 atom stereocenters. The van der Waals surface area contributed by atoms with Gasteiger partial charge in [0, 0.05) is 12.2 Å². The van der Waals surface area contributed by atoms with E-state index in [2.05, 4.69) is 10.4 Å². The van der Waals surface area contributed by atoms with E-state index in [1.165, 1.54) is 18.2 Å². The molecule has 1 aliphatic heterocycles. The van der Waals surface area contributed by atoms with Gasteiger partial charge in [0.25, 0.3) is 5.91 Å². The fourth-order valence-electron chi connectivity index (χ4n) is 4.16. The summed E-state index contributed by atoms with van der Waals surface area (Å²) in [6.07, 6.45) is 1.79. The first-order valence-corrected chi connectivity index (χ1v) is 10.2. The van der Waals surface area contributed by atoms with Gasteiger partial charge in [-0.2, -0.15) is 5.10 Å². The molecule has 1 fully saturated rings. The van der Waals surface area contributed by atoms with Crippen molar-refractivity contribution in [2.45, 2.75) is 45.6 Å². The monoisotopic (exact) mass is 413 g/mol. The zero-order valence-corrected chi connectivity index (χ0v) is 17.3. The highest BCUT2D eigenvalue weighted by atomic mass is 19.1. The van der Waals surface area contributed by atoms with Crippen LogP contribution < -0.4 is 5.32 Å². The van der Waals surface area contributed by atoms with Crippen LogP contribution in [0, 0.1) is 18.6 Å². The Morgan fingerprint density at radius 2 is 1.93 bits per heavy atom. The van der Waals surface area contributed by atoms with Gasteiger partial charge in [-0.1, -0.05) is 19.9 Å². The maximum absolute atomic E-state index is 14.5. The summed E-state index contributed by atoms with van der Waals surface area (Å²) < 4.78 is 36.1. The molecule has 4 rings (SSSR count). The van der Waals surface area contributed by atoms with E-state index in [0.29, 0.717) is 34.6 Å². The van der Waals surface area contributed by atoms with Gasteiger partial charge in [0.1, 0.15) is 11.6 Å². The molecule has 0 aliphatic carbocycles. The molecule has 0 saturated carbocycles. The predicted octanol–water partition coefficient (Wildman–Crippen LogP) is 4.62. The topological polar surface area (TPSA) is 55.6 Å². The first-order chi connectivity index (χ1) is 14.4. The highest BCUT2D eigenvalue weighted by Crippen LogP contribution is 2.34. The molecule has 0 spiro atoms. The number of nitrogens with zero attached hydrogens (tertiary/aromatic N) is 2. The van der Waals surface area contributed by atoms with E-state index in [1.54, 1.807) is 23.6 Å². The lowest BCUT2D eigenvalue weighted by Gasteiger charge is -2.24. The fourth-order valence-corrected chi connectivity index (χ4v) is 4.16. The van der Waals surface area contributed by atoms with Gasteiger partial charge in [0.15, 0.2) is 0 Å². The fraction of sp³-hybridized carbons (Fsp3) is 0.391. The van der Waals surface area contributed by atoms with Gasteiger partial charge >= 0.3 is 0 Å². The van der Waals surface area contributed by atoms with E-state index in [1.807, 2.05) is 13.8 Å². The molecule has 5 nitrogen and oxygen atoms in total. The van der Waals surface area contributed by atoms with E-state index in [4.69, 9.17) is 4.74 Å². The zero-order chi connectivity index (χ0) is 21.4. The maximum atomic E-state index is 14.5. The molecule has 1 unspecified atom stereocenters. The Morgan fingerprint density at radius 1 is 1.20 bits per heavy atom. The summed E-state index contributed by atoms with van der Waals surface area (Å²) in [6, 6.07) is 7.21. The predicted molar refractivity (Wildman–Crippen MR) is 111 cm³/mol. The van der Waals surface area contributed by atoms with Crippen LogP contribution in [0.5, 0.6) is 0 Å². The summed E-state index contributed by atoms with van der Waals surface area (Å²) in [5.41, 5.74) is 2.58. The summed E-state index contributed by atoms with van der Waals surface area (Å²) >= 11 is 0. The standard InChI is InChI=1S/C23H25F2N3O2/c1-13(2)22-16(23(29)26-15-6-5-11-30-12-15)9-10-19-20(14(3)27-28(19)22)21-17(24)7-4-8-18(21)25/h4,7-10,13,15H,5-6,11-12H2,1-3H3,(H,26,29). The third-order valence-electron chi connectivity index (χ3n) is 5.51. The lowest BCUT2D eigenvalue weighted by Crippen LogP contribution is -2.41. The van der Waals surface area contributed by atoms with Crippen LogP contribution in [0.1, 0.15) is 54.4 Å². The van der Waals surface area contributed by atoms with Crippen LogP contribution in [-0.2, 0) is 4.74 Å². The zero-order valence-electron chi connectivity index (χ0n) is 17.3. The number of rotatable bonds is 4. The Kier molecular flexibility index (Phi) is 5.56. The average Bonchev–Trinajstić information content (AvgIpc) is 3.03. The van der Waals surface area contributed by atoms with Crippen LogP contribution in [0.3, 0.4) is 0 Å². The number of aromatic nitrogens is 2. The van der Waals surface area contributed by atoms with Crippen LogP contribution in [0.4, 0.5) is 8.78 Å². The first kappa shape index (κ1) is 20.5. The van der Waals surface area contributed by atoms with Crippen molar-refractivity contribution < 1.29 is 18.3 Å². The van der Waals surface area contributed by atoms with Crippen molar-refractivity contribution in [3.63, 3.8) is 0 Å². The summed E-state index contributed by atoms with van der Waals surface area (Å²) in [5, 5.41) is 7.60. The number of halogens is 2. The molecule has 0 bridgehead atoms. The summed E-state index contributed by atoms with van der Waals surface area (Å²) in [5.74, 6) is -1.51. The number of hydrogen-bond acceptors (Lipinski definition) is 3. The van der Waals surface area contributed by atoms with Crippen molar-refractivity contribution in [3.8, 4) is 11.1 Å². The molecule has 1 aromatic carbocycles. The first-order valence-electron chi connectivity index (χ1n) is 10.2. The van der Waals surface area contributed by atoms with Crippen LogP contribution in [0.2, 0.25) is 0 Å². The largest absolute Gasteiger partial charge is 0.379 e. The maximum Gasteiger partial charge on any atom is 0.253 e. The van der Waals surface area contributed by atoms with Crippen molar-refractivity contribution in [2.75, 3.05) is 13.2 Å². The lowest BCUT2D eigenvalue weighted by atomic mass is 9.99. The summed E-state index contributed by atoms with van der Waals surface area (Å²) in [6.45, 7) is 6.88. The lowest BCUT2D eigenvalue weighted by molar-refractivity contribution is 0.0623.